The molecule has 1 atom stereocenters. The second-order valence-corrected chi connectivity index (χ2v) is 8.13. The van der Waals surface area contributed by atoms with Gasteiger partial charge in [-0.15, -0.1) is 0 Å². The van der Waals surface area contributed by atoms with Crippen molar-refractivity contribution >= 4 is 5.97 Å². The Morgan fingerprint density at radius 1 is 0.692 bits per heavy atom. The predicted molar refractivity (Wildman–Crippen MR) is 115 cm³/mol. The average molecular weight is 367 g/mol. The molecule has 0 aromatic heterocycles. The molecule has 0 aliphatic rings. The van der Waals surface area contributed by atoms with Gasteiger partial charge in [-0.2, -0.15) is 0 Å². The third-order valence-corrected chi connectivity index (χ3v) is 5.59. The highest BCUT2D eigenvalue weighted by Gasteiger charge is 2.11. The van der Waals surface area contributed by atoms with Crippen molar-refractivity contribution in [2.24, 2.45) is 5.92 Å². The SMILES string of the molecule is C=C(CCC(CCCC)CCCCCCCCCCCCCC)C(=O)O. The predicted octanol–water partition coefficient (Wildman–Crippen LogP) is 8.31. The van der Waals surface area contributed by atoms with Crippen molar-refractivity contribution < 1.29 is 9.90 Å². The van der Waals surface area contributed by atoms with Crippen molar-refractivity contribution in [2.75, 3.05) is 0 Å². The number of unbranched alkanes of at least 4 members (excludes halogenated alkanes) is 12. The molecule has 0 aliphatic carbocycles. The fourth-order valence-electron chi connectivity index (χ4n) is 3.69. The van der Waals surface area contributed by atoms with Crippen LogP contribution in [0.1, 0.15) is 129 Å². The lowest BCUT2D eigenvalue weighted by atomic mass is 9.89. The zero-order valence-corrected chi connectivity index (χ0v) is 17.9. The lowest BCUT2D eigenvalue weighted by Crippen LogP contribution is -2.05. The Morgan fingerprint density at radius 2 is 1.12 bits per heavy atom. The highest BCUT2D eigenvalue weighted by molar-refractivity contribution is 5.85. The van der Waals surface area contributed by atoms with Crippen LogP contribution in [0.25, 0.3) is 0 Å². The van der Waals surface area contributed by atoms with Gasteiger partial charge in [-0.1, -0.05) is 123 Å². The molecule has 1 unspecified atom stereocenters. The van der Waals surface area contributed by atoms with Crippen LogP contribution in [0.5, 0.6) is 0 Å². The van der Waals surface area contributed by atoms with Gasteiger partial charge >= 0.3 is 5.97 Å². The zero-order valence-electron chi connectivity index (χ0n) is 17.9. The zero-order chi connectivity index (χ0) is 19.5. The molecule has 0 radical (unpaired) electrons. The average Bonchev–Trinajstić information content (AvgIpc) is 2.63. The summed E-state index contributed by atoms with van der Waals surface area (Å²) >= 11 is 0. The van der Waals surface area contributed by atoms with E-state index in [1.165, 1.54) is 103 Å². The van der Waals surface area contributed by atoms with Gasteiger partial charge in [0.2, 0.25) is 0 Å². The maximum Gasteiger partial charge on any atom is 0.330 e. The molecule has 0 rings (SSSR count). The van der Waals surface area contributed by atoms with Crippen LogP contribution in [-0.4, -0.2) is 11.1 Å². The Balaban J connectivity index is 3.59. The molecule has 0 aromatic rings. The van der Waals surface area contributed by atoms with Crippen molar-refractivity contribution in [3.8, 4) is 0 Å². The quantitative estimate of drug-likeness (QED) is 0.174. The highest BCUT2D eigenvalue weighted by Crippen LogP contribution is 2.24. The van der Waals surface area contributed by atoms with E-state index in [1.54, 1.807) is 0 Å². The summed E-state index contributed by atoms with van der Waals surface area (Å²) in [5.41, 5.74) is 0.376. The van der Waals surface area contributed by atoms with Crippen LogP contribution in [0.4, 0.5) is 0 Å². The van der Waals surface area contributed by atoms with Crippen molar-refractivity contribution in [2.45, 2.75) is 129 Å². The second kappa shape index (κ2) is 19.0. The first kappa shape index (κ1) is 25.2. The third-order valence-electron chi connectivity index (χ3n) is 5.59. The van der Waals surface area contributed by atoms with Gasteiger partial charge in [0.1, 0.15) is 0 Å². The fourth-order valence-corrected chi connectivity index (χ4v) is 3.69. The van der Waals surface area contributed by atoms with Crippen molar-refractivity contribution in [3.05, 3.63) is 12.2 Å². The van der Waals surface area contributed by atoms with E-state index in [-0.39, 0.29) is 0 Å². The molecule has 0 aromatic carbocycles. The molecule has 0 aliphatic heterocycles. The summed E-state index contributed by atoms with van der Waals surface area (Å²) in [5.74, 6) is -0.140. The summed E-state index contributed by atoms with van der Waals surface area (Å²) in [7, 11) is 0. The molecule has 0 heterocycles. The van der Waals surface area contributed by atoms with E-state index in [9.17, 15) is 4.79 Å². The molecular formula is C24H46O2. The first-order valence-corrected chi connectivity index (χ1v) is 11.5. The summed E-state index contributed by atoms with van der Waals surface area (Å²) < 4.78 is 0. The van der Waals surface area contributed by atoms with E-state index < -0.39 is 5.97 Å². The largest absolute Gasteiger partial charge is 0.478 e. The summed E-state index contributed by atoms with van der Waals surface area (Å²) in [4.78, 5) is 10.9. The van der Waals surface area contributed by atoms with Gasteiger partial charge in [-0.3, -0.25) is 0 Å². The molecule has 0 saturated heterocycles. The van der Waals surface area contributed by atoms with Crippen molar-refractivity contribution in [3.63, 3.8) is 0 Å². The summed E-state index contributed by atoms with van der Waals surface area (Å²) in [6, 6.07) is 0. The third kappa shape index (κ3) is 16.7. The van der Waals surface area contributed by atoms with Gasteiger partial charge in [0.05, 0.1) is 0 Å². The van der Waals surface area contributed by atoms with Crippen LogP contribution in [0.15, 0.2) is 12.2 Å². The summed E-state index contributed by atoms with van der Waals surface area (Å²) in [6.45, 7) is 8.18. The highest BCUT2D eigenvalue weighted by atomic mass is 16.4. The number of carboxylic acid groups (broad SMARTS) is 1. The topological polar surface area (TPSA) is 37.3 Å². The van der Waals surface area contributed by atoms with Gasteiger partial charge in [0.25, 0.3) is 0 Å². The molecule has 0 saturated carbocycles. The van der Waals surface area contributed by atoms with E-state index in [0.717, 1.165) is 6.42 Å². The molecule has 0 fully saturated rings. The Morgan fingerprint density at radius 3 is 1.58 bits per heavy atom. The first-order valence-electron chi connectivity index (χ1n) is 11.5. The van der Waals surface area contributed by atoms with E-state index in [2.05, 4.69) is 20.4 Å². The van der Waals surface area contributed by atoms with Gasteiger partial charge in [0.15, 0.2) is 0 Å². The molecule has 26 heavy (non-hydrogen) atoms. The number of rotatable bonds is 20. The monoisotopic (exact) mass is 366 g/mol. The number of aliphatic carboxylic acids is 1. The smallest absolute Gasteiger partial charge is 0.330 e. The molecule has 1 N–H and O–H groups in total. The van der Waals surface area contributed by atoms with Crippen LogP contribution >= 0.6 is 0 Å². The minimum atomic E-state index is -0.829. The Labute approximate surface area is 163 Å². The van der Waals surface area contributed by atoms with Crippen LogP contribution in [0.2, 0.25) is 0 Å². The van der Waals surface area contributed by atoms with E-state index in [1.807, 2.05) is 0 Å². The van der Waals surface area contributed by atoms with Gasteiger partial charge < -0.3 is 5.11 Å². The van der Waals surface area contributed by atoms with E-state index in [4.69, 9.17) is 5.11 Å². The standard InChI is InChI=1S/C24H46O2/c1-4-6-8-9-10-11-12-13-14-15-16-17-19-23(18-7-5-2)21-20-22(3)24(25)26/h23H,3-21H2,1-2H3,(H,25,26). The first-order chi connectivity index (χ1) is 12.6. The van der Waals surface area contributed by atoms with Crippen LogP contribution in [0.3, 0.4) is 0 Å². The Bertz CT molecular complexity index is 335. The van der Waals surface area contributed by atoms with Crippen molar-refractivity contribution in [1.82, 2.24) is 0 Å². The molecule has 2 nitrogen and oxygen atoms in total. The lowest BCUT2D eigenvalue weighted by molar-refractivity contribution is -0.132. The van der Waals surface area contributed by atoms with Crippen LogP contribution in [-0.2, 0) is 4.79 Å². The number of carboxylic acids is 1. The molecule has 0 amide bonds. The molecule has 0 spiro atoms. The van der Waals surface area contributed by atoms with Gasteiger partial charge in [-0.05, 0) is 18.8 Å². The molecule has 2 heteroatoms. The van der Waals surface area contributed by atoms with E-state index in [0.29, 0.717) is 17.9 Å². The normalized spacial score (nSPS) is 12.2. The second-order valence-electron chi connectivity index (χ2n) is 8.13. The molecule has 0 bridgehead atoms. The summed E-state index contributed by atoms with van der Waals surface area (Å²) in [5, 5.41) is 8.96. The van der Waals surface area contributed by atoms with Crippen LogP contribution < -0.4 is 0 Å². The fraction of sp³-hybridized carbons (Fsp3) is 0.875. The van der Waals surface area contributed by atoms with Crippen LogP contribution in [0, 0.1) is 5.92 Å². The lowest BCUT2D eigenvalue weighted by Gasteiger charge is -2.16. The minimum Gasteiger partial charge on any atom is -0.478 e. The van der Waals surface area contributed by atoms with Gasteiger partial charge in [0, 0.05) is 5.57 Å². The van der Waals surface area contributed by atoms with E-state index >= 15 is 0 Å². The number of carbonyl (C=O) groups is 1. The van der Waals surface area contributed by atoms with Gasteiger partial charge in [-0.25, -0.2) is 4.79 Å². The molecular weight excluding hydrogens is 320 g/mol. The van der Waals surface area contributed by atoms with Crippen molar-refractivity contribution in [1.29, 1.82) is 0 Å². The maximum absolute atomic E-state index is 10.9. The summed E-state index contributed by atoms with van der Waals surface area (Å²) in [6.07, 6.45) is 23.4. The number of hydrogen-bond acceptors (Lipinski definition) is 1. The Kier molecular flexibility index (Phi) is 18.4. The molecule has 154 valence electrons. The number of hydrogen-bond donors (Lipinski definition) is 1. The maximum atomic E-state index is 10.9. The Hall–Kier alpha value is -0.790. The minimum absolute atomic E-state index is 0.376.